The highest BCUT2D eigenvalue weighted by molar-refractivity contribution is 5.92. The molecule has 1 amide bonds. The molecule has 1 aromatic carbocycles. The zero-order valence-corrected chi connectivity index (χ0v) is 8.43. The Balaban J connectivity index is 2.47. The van der Waals surface area contributed by atoms with Crippen molar-refractivity contribution >= 4 is 17.6 Å². The van der Waals surface area contributed by atoms with Crippen LogP contribution in [0.2, 0.25) is 0 Å². The smallest absolute Gasteiger partial charge is 0.306 e. The van der Waals surface area contributed by atoms with Gasteiger partial charge in [-0.2, -0.15) is 0 Å². The lowest BCUT2D eigenvalue weighted by Crippen LogP contribution is -2.19. The van der Waals surface area contributed by atoms with Gasteiger partial charge in [0.2, 0.25) is 5.91 Å². The molecule has 0 saturated carbocycles. The van der Waals surface area contributed by atoms with E-state index in [1.165, 1.54) is 6.92 Å². The van der Waals surface area contributed by atoms with E-state index in [0.29, 0.717) is 5.69 Å². The van der Waals surface area contributed by atoms with E-state index in [0.717, 1.165) is 0 Å². The number of nitrogens with one attached hydrogen (secondary N) is 1. The first-order valence-corrected chi connectivity index (χ1v) is 4.67. The van der Waals surface area contributed by atoms with Crippen molar-refractivity contribution < 1.29 is 14.7 Å². The van der Waals surface area contributed by atoms with Gasteiger partial charge < -0.3 is 10.4 Å². The van der Waals surface area contributed by atoms with Gasteiger partial charge >= 0.3 is 5.97 Å². The van der Waals surface area contributed by atoms with E-state index in [4.69, 9.17) is 5.11 Å². The van der Waals surface area contributed by atoms with Crippen LogP contribution in [0.15, 0.2) is 30.3 Å². The lowest BCUT2D eigenvalue weighted by Gasteiger charge is -2.07. The van der Waals surface area contributed by atoms with Gasteiger partial charge in [0.15, 0.2) is 0 Å². The minimum Gasteiger partial charge on any atom is -0.481 e. The molecule has 0 radical (unpaired) electrons. The monoisotopic (exact) mass is 207 g/mol. The van der Waals surface area contributed by atoms with Gasteiger partial charge in [-0.3, -0.25) is 9.59 Å². The first-order chi connectivity index (χ1) is 7.09. The molecule has 4 nitrogen and oxygen atoms in total. The summed E-state index contributed by atoms with van der Waals surface area (Å²) in [6.07, 6.45) is -0.00969. The Kier molecular flexibility index (Phi) is 3.85. The zero-order chi connectivity index (χ0) is 11.3. The maximum atomic E-state index is 11.4. The van der Waals surface area contributed by atoms with Gasteiger partial charge in [0.25, 0.3) is 0 Å². The lowest BCUT2D eigenvalue weighted by atomic mass is 10.1. The Morgan fingerprint density at radius 1 is 1.33 bits per heavy atom. The molecule has 15 heavy (non-hydrogen) atoms. The number of carboxylic acid groups (broad SMARTS) is 1. The molecule has 1 rings (SSSR count). The van der Waals surface area contributed by atoms with Crippen LogP contribution in [0, 0.1) is 5.92 Å². The molecule has 0 bridgehead atoms. The van der Waals surface area contributed by atoms with Gasteiger partial charge in [-0.15, -0.1) is 0 Å². The standard InChI is InChI=1S/C11H13NO3/c1-8(11(14)15)7-10(13)12-9-5-3-2-4-6-9/h2-6,8H,7H2,1H3,(H,12,13)(H,14,15)/t8-/m1/s1. The first-order valence-electron chi connectivity index (χ1n) is 4.67. The molecule has 4 heteroatoms. The van der Waals surface area contributed by atoms with Crippen molar-refractivity contribution in [1.29, 1.82) is 0 Å². The molecule has 0 unspecified atom stereocenters. The Morgan fingerprint density at radius 2 is 1.93 bits per heavy atom. The van der Waals surface area contributed by atoms with Crippen molar-refractivity contribution in [2.45, 2.75) is 13.3 Å². The highest BCUT2D eigenvalue weighted by Gasteiger charge is 2.15. The molecule has 0 spiro atoms. The van der Waals surface area contributed by atoms with Crippen molar-refractivity contribution in [2.24, 2.45) is 5.92 Å². The third-order valence-corrected chi connectivity index (χ3v) is 1.97. The molecule has 1 atom stereocenters. The summed E-state index contributed by atoms with van der Waals surface area (Å²) in [6.45, 7) is 1.51. The van der Waals surface area contributed by atoms with Crippen molar-refractivity contribution in [3.05, 3.63) is 30.3 Å². The van der Waals surface area contributed by atoms with E-state index in [-0.39, 0.29) is 12.3 Å². The van der Waals surface area contributed by atoms with Crippen LogP contribution in [0.1, 0.15) is 13.3 Å². The Bertz CT molecular complexity index is 348. The third kappa shape index (κ3) is 3.81. The average Bonchev–Trinajstić information content (AvgIpc) is 2.18. The van der Waals surface area contributed by atoms with Gasteiger partial charge in [-0.25, -0.2) is 0 Å². The van der Waals surface area contributed by atoms with E-state index in [9.17, 15) is 9.59 Å². The second kappa shape index (κ2) is 5.14. The molecule has 0 aliphatic carbocycles. The number of carbonyl (C=O) groups is 2. The zero-order valence-electron chi connectivity index (χ0n) is 8.43. The Labute approximate surface area is 87.9 Å². The Hall–Kier alpha value is -1.84. The van der Waals surface area contributed by atoms with Crippen molar-refractivity contribution in [3.63, 3.8) is 0 Å². The number of carboxylic acids is 1. The summed E-state index contributed by atoms with van der Waals surface area (Å²) in [5.41, 5.74) is 0.681. The second-order valence-corrected chi connectivity index (χ2v) is 3.36. The van der Waals surface area contributed by atoms with Crippen LogP contribution in [-0.4, -0.2) is 17.0 Å². The normalized spacial score (nSPS) is 11.8. The van der Waals surface area contributed by atoms with Crippen LogP contribution in [0.25, 0.3) is 0 Å². The number of hydrogen-bond acceptors (Lipinski definition) is 2. The fourth-order valence-corrected chi connectivity index (χ4v) is 1.10. The third-order valence-electron chi connectivity index (χ3n) is 1.97. The first kappa shape index (κ1) is 11.2. The van der Waals surface area contributed by atoms with Crippen LogP contribution < -0.4 is 5.32 Å². The van der Waals surface area contributed by atoms with Crippen LogP contribution in [0.5, 0.6) is 0 Å². The molecule has 80 valence electrons. The fourth-order valence-electron chi connectivity index (χ4n) is 1.10. The lowest BCUT2D eigenvalue weighted by molar-refractivity contribution is -0.142. The number of amides is 1. The topological polar surface area (TPSA) is 66.4 Å². The fraction of sp³-hybridized carbons (Fsp3) is 0.273. The number of para-hydroxylation sites is 1. The number of hydrogen-bond donors (Lipinski definition) is 2. The minimum atomic E-state index is -0.960. The average molecular weight is 207 g/mol. The summed E-state index contributed by atoms with van der Waals surface area (Å²) < 4.78 is 0. The van der Waals surface area contributed by atoms with E-state index in [2.05, 4.69) is 5.32 Å². The van der Waals surface area contributed by atoms with E-state index < -0.39 is 11.9 Å². The molecular weight excluding hydrogens is 194 g/mol. The van der Waals surface area contributed by atoms with Gasteiger partial charge in [-0.05, 0) is 12.1 Å². The molecular formula is C11H13NO3. The maximum Gasteiger partial charge on any atom is 0.306 e. The van der Waals surface area contributed by atoms with Crippen LogP contribution in [-0.2, 0) is 9.59 Å². The summed E-state index contributed by atoms with van der Waals surface area (Å²) in [5.74, 6) is -1.90. The predicted molar refractivity (Wildman–Crippen MR) is 56.5 cm³/mol. The number of anilines is 1. The molecule has 0 aliphatic rings. The largest absolute Gasteiger partial charge is 0.481 e. The highest BCUT2D eigenvalue weighted by atomic mass is 16.4. The predicted octanol–water partition coefficient (Wildman–Crippen LogP) is 1.74. The van der Waals surface area contributed by atoms with Gasteiger partial charge in [0, 0.05) is 12.1 Å². The summed E-state index contributed by atoms with van der Waals surface area (Å²) in [4.78, 5) is 21.9. The van der Waals surface area contributed by atoms with Crippen molar-refractivity contribution in [3.8, 4) is 0 Å². The van der Waals surface area contributed by atoms with Crippen molar-refractivity contribution in [2.75, 3.05) is 5.32 Å². The summed E-state index contributed by atoms with van der Waals surface area (Å²) in [7, 11) is 0. The quantitative estimate of drug-likeness (QED) is 0.790. The summed E-state index contributed by atoms with van der Waals surface area (Å²) >= 11 is 0. The SMILES string of the molecule is C[C@H](CC(=O)Nc1ccccc1)C(=O)O. The summed E-state index contributed by atoms with van der Waals surface area (Å²) in [5, 5.41) is 11.2. The van der Waals surface area contributed by atoms with Gasteiger partial charge in [0.05, 0.1) is 5.92 Å². The van der Waals surface area contributed by atoms with E-state index >= 15 is 0 Å². The maximum absolute atomic E-state index is 11.4. The van der Waals surface area contributed by atoms with Crippen molar-refractivity contribution in [1.82, 2.24) is 0 Å². The highest BCUT2D eigenvalue weighted by Crippen LogP contribution is 2.08. The Morgan fingerprint density at radius 3 is 2.47 bits per heavy atom. The molecule has 1 aromatic rings. The van der Waals surface area contributed by atoms with Crippen LogP contribution >= 0.6 is 0 Å². The molecule has 0 fully saturated rings. The molecule has 0 aliphatic heterocycles. The van der Waals surface area contributed by atoms with Crippen LogP contribution in [0.3, 0.4) is 0 Å². The number of benzene rings is 1. The summed E-state index contributed by atoms with van der Waals surface area (Å²) in [6, 6.07) is 8.95. The molecule has 2 N–H and O–H groups in total. The number of carbonyl (C=O) groups excluding carboxylic acids is 1. The van der Waals surface area contributed by atoms with Gasteiger partial charge in [0.1, 0.15) is 0 Å². The molecule has 0 aromatic heterocycles. The number of rotatable bonds is 4. The second-order valence-electron chi connectivity index (χ2n) is 3.36. The molecule has 0 saturated heterocycles. The van der Waals surface area contributed by atoms with E-state index in [1.807, 2.05) is 6.07 Å². The van der Waals surface area contributed by atoms with Crippen LogP contribution in [0.4, 0.5) is 5.69 Å². The molecule has 0 heterocycles. The minimum absolute atomic E-state index is 0.00969. The van der Waals surface area contributed by atoms with E-state index in [1.54, 1.807) is 24.3 Å². The number of aliphatic carboxylic acids is 1. The van der Waals surface area contributed by atoms with Gasteiger partial charge in [-0.1, -0.05) is 25.1 Å².